The van der Waals surface area contributed by atoms with Crippen LogP contribution in [0.3, 0.4) is 0 Å². The third kappa shape index (κ3) is 4.77. The van der Waals surface area contributed by atoms with Gasteiger partial charge in [0.15, 0.2) is 0 Å². The lowest BCUT2D eigenvalue weighted by atomic mass is 10.00. The summed E-state index contributed by atoms with van der Waals surface area (Å²) < 4.78 is 0. The number of likely N-dealkylation sites (tertiary alicyclic amines) is 1. The minimum Gasteiger partial charge on any atom is -0.465 e. The highest BCUT2D eigenvalue weighted by molar-refractivity contribution is 5.85. The highest BCUT2D eigenvalue weighted by atomic mass is 16.4. The van der Waals surface area contributed by atoms with Crippen LogP contribution in [0.15, 0.2) is 42.5 Å². The van der Waals surface area contributed by atoms with Crippen LogP contribution in [-0.4, -0.2) is 66.2 Å². The zero-order valence-electron chi connectivity index (χ0n) is 15.7. The molecular weight excluding hydrogens is 342 g/mol. The highest BCUT2D eigenvalue weighted by Gasteiger charge is 2.28. The molecule has 2 amide bonds. The number of hydrogen-bond acceptors (Lipinski definition) is 3. The zero-order valence-corrected chi connectivity index (χ0v) is 15.7. The number of amides is 2. The van der Waals surface area contributed by atoms with E-state index in [-0.39, 0.29) is 18.5 Å². The standard InChI is InChI=1S/C21H27N3O3/c1-22-20(25)15-24(21(26)27)18-10-13-23(14-11-18)12-9-17-7-4-6-16-5-2-3-8-19(16)17/h2-8,18H,9-15H2,1H3,(H,22,25)(H,26,27). The largest absolute Gasteiger partial charge is 0.465 e. The maximum absolute atomic E-state index is 11.6. The van der Waals surface area contributed by atoms with Crippen LogP contribution in [0.2, 0.25) is 0 Å². The van der Waals surface area contributed by atoms with E-state index in [0.717, 1.165) is 38.9 Å². The summed E-state index contributed by atoms with van der Waals surface area (Å²) in [5, 5.41) is 14.5. The van der Waals surface area contributed by atoms with Crippen molar-refractivity contribution in [3.8, 4) is 0 Å². The molecule has 1 saturated heterocycles. The van der Waals surface area contributed by atoms with Gasteiger partial charge in [-0.1, -0.05) is 42.5 Å². The van der Waals surface area contributed by atoms with Gasteiger partial charge in [0.05, 0.1) is 0 Å². The van der Waals surface area contributed by atoms with Crippen molar-refractivity contribution >= 4 is 22.8 Å². The maximum atomic E-state index is 11.6. The van der Waals surface area contributed by atoms with Gasteiger partial charge in [-0.2, -0.15) is 0 Å². The second-order valence-electron chi connectivity index (χ2n) is 7.04. The van der Waals surface area contributed by atoms with Gasteiger partial charge in [-0.3, -0.25) is 9.69 Å². The molecule has 0 atom stereocenters. The van der Waals surface area contributed by atoms with Crippen molar-refractivity contribution in [2.24, 2.45) is 0 Å². The van der Waals surface area contributed by atoms with Gasteiger partial charge in [0.25, 0.3) is 0 Å². The van der Waals surface area contributed by atoms with Gasteiger partial charge in [0.1, 0.15) is 6.54 Å². The van der Waals surface area contributed by atoms with Crippen molar-refractivity contribution in [3.05, 3.63) is 48.0 Å². The predicted octanol–water partition coefficient (Wildman–Crippen LogP) is 2.57. The number of hydrogen-bond donors (Lipinski definition) is 2. The van der Waals surface area contributed by atoms with Crippen LogP contribution < -0.4 is 5.32 Å². The first-order valence-corrected chi connectivity index (χ1v) is 9.47. The first-order chi connectivity index (χ1) is 13.1. The Morgan fingerprint density at radius 2 is 1.85 bits per heavy atom. The maximum Gasteiger partial charge on any atom is 0.408 e. The van der Waals surface area contributed by atoms with Crippen molar-refractivity contribution in [1.29, 1.82) is 0 Å². The van der Waals surface area contributed by atoms with E-state index < -0.39 is 6.09 Å². The molecule has 1 heterocycles. The van der Waals surface area contributed by atoms with E-state index in [1.54, 1.807) is 0 Å². The van der Waals surface area contributed by atoms with Gasteiger partial charge in [-0.25, -0.2) is 4.79 Å². The number of rotatable bonds is 6. The molecule has 0 radical (unpaired) electrons. The number of carboxylic acid groups (broad SMARTS) is 1. The van der Waals surface area contributed by atoms with Crippen LogP contribution in [0.4, 0.5) is 4.79 Å². The quantitative estimate of drug-likeness (QED) is 0.821. The summed E-state index contributed by atoms with van der Waals surface area (Å²) in [6.45, 7) is 2.58. The van der Waals surface area contributed by atoms with Crippen molar-refractivity contribution in [2.75, 3.05) is 33.2 Å². The first-order valence-electron chi connectivity index (χ1n) is 9.47. The van der Waals surface area contributed by atoms with Crippen molar-refractivity contribution in [1.82, 2.24) is 15.1 Å². The summed E-state index contributed by atoms with van der Waals surface area (Å²) in [5.74, 6) is -0.268. The molecule has 2 N–H and O–H groups in total. The Hall–Kier alpha value is -2.60. The van der Waals surface area contributed by atoms with Crippen LogP contribution in [-0.2, 0) is 11.2 Å². The zero-order chi connectivity index (χ0) is 19.2. The van der Waals surface area contributed by atoms with Crippen LogP contribution in [0.25, 0.3) is 10.8 Å². The fourth-order valence-electron chi connectivity index (χ4n) is 3.83. The fourth-order valence-corrected chi connectivity index (χ4v) is 3.83. The number of carbonyl (C=O) groups is 2. The van der Waals surface area contributed by atoms with Crippen LogP contribution >= 0.6 is 0 Å². The first kappa shape index (κ1) is 19.2. The number of likely N-dealkylation sites (N-methyl/N-ethyl adjacent to an activating group) is 1. The minimum atomic E-state index is -1.02. The normalized spacial score (nSPS) is 15.6. The molecule has 1 fully saturated rings. The van der Waals surface area contributed by atoms with Gasteiger partial charge in [-0.15, -0.1) is 0 Å². The topological polar surface area (TPSA) is 72.9 Å². The average Bonchev–Trinajstić information content (AvgIpc) is 2.70. The molecule has 2 aromatic carbocycles. The SMILES string of the molecule is CNC(=O)CN(C(=O)O)C1CCN(CCc2cccc3ccccc23)CC1. The lowest BCUT2D eigenvalue weighted by molar-refractivity contribution is -0.122. The lowest BCUT2D eigenvalue weighted by Crippen LogP contribution is -2.50. The summed E-state index contributed by atoms with van der Waals surface area (Å²) >= 11 is 0. The molecule has 2 aromatic rings. The predicted molar refractivity (Wildman–Crippen MR) is 106 cm³/mol. The van der Waals surface area contributed by atoms with Gasteiger partial charge >= 0.3 is 6.09 Å². The van der Waals surface area contributed by atoms with E-state index in [2.05, 4.69) is 52.7 Å². The number of fused-ring (bicyclic) bond motifs is 1. The molecule has 0 bridgehead atoms. The third-order valence-electron chi connectivity index (χ3n) is 5.41. The van der Waals surface area contributed by atoms with Crippen molar-refractivity contribution in [3.63, 3.8) is 0 Å². The molecule has 0 aromatic heterocycles. The van der Waals surface area contributed by atoms with E-state index in [1.165, 1.54) is 28.3 Å². The summed E-state index contributed by atoms with van der Waals surface area (Å²) in [7, 11) is 1.53. The second-order valence-corrected chi connectivity index (χ2v) is 7.04. The molecule has 144 valence electrons. The number of piperidine rings is 1. The van der Waals surface area contributed by atoms with E-state index in [9.17, 15) is 14.7 Å². The molecule has 1 aliphatic rings. The average molecular weight is 369 g/mol. The minimum absolute atomic E-state index is 0.0893. The molecule has 0 unspecified atom stereocenters. The third-order valence-corrected chi connectivity index (χ3v) is 5.41. The van der Waals surface area contributed by atoms with Gasteiger partial charge in [0.2, 0.25) is 5.91 Å². The molecule has 3 rings (SSSR count). The van der Waals surface area contributed by atoms with Crippen molar-refractivity contribution in [2.45, 2.75) is 25.3 Å². The van der Waals surface area contributed by atoms with E-state index in [1.807, 2.05) is 0 Å². The van der Waals surface area contributed by atoms with Crippen LogP contribution in [0, 0.1) is 0 Å². The van der Waals surface area contributed by atoms with Crippen molar-refractivity contribution < 1.29 is 14.7 Å². The molecule has 6 nitrogen and oxygen atoms in total. The number of carbonyl (C=O) groups excluding carboxylic acids is 1. The smallest absolute Gasteiger partial charge is 0.408 e. The van der Waals surface area contributed by atoms with E-state index in [4.69, 9.17) is 0 Å². The highest BCUT2D eigenvalue weighted by Crippen LogP contribution is 2.21. The summed E-state index contributed by atoms with van der Waals surface area (Å²) in [6, 6.07) is 14.8. The molecule has 0 saturated carbocycles. The summed E-state index contributed by atoms with van der Waals surface area (Å²) in [4.78, 5) is 26.7. The Balaban J connectivity index is 1.54. The molecule has 27 heavy (non-hydrogen) atoms. The van der Waals surface area contributed by atoms with Gasteiger partial charge in [0, 0.05) is 32.7 Å². The molecular formula is C21H27N3O3. The monoisotopic (exact) mass is 369 g/mol. The van der Waals surface area contributed by atoms with Gasteiger partial charge < -0.3 is 15.3 Å². The molecule has 0 aliphatic carbocycles. The van der Waals surface area contributed by atoms with Gasteiger partial charge in [-0.05, 0) is 35.6 Å². The number of benzene rings is 2. The number of nitrogens with zero attached hydrogens (tertiary/aromatic N) is 2. The number of nitrogens with one attached hydrogen (secondary N) is 1. The van der Waals surface area contributed by atoms with Crippen LogP contribution in [0.5, 0.6) is 0 Å². The Morgan fingerprint density at radius 1 is 1.15 bits per heavy atom. The lowest BCUT2D eigenvalue weighted by Gasteiger charge is -2.37. The second kappa shape index (κ2) is 8.86. The van der Waals surface area contributed by atoms with Crippen LogP contribution in [0.1, 0.15) is 18.4 Å². The molecule has 0 spiro atoms. The molecule has 1 aliphatic heterocycles. The van der Waals surface area contributed by atoms with E-state index >= 15 is 0 Å². The van der Waals surface area contributed by atoms with E-state index in [0.29, 0.717) is 0 Å². The Morgan fingerprint density at radius 3 is 2.56 bits per heavy atom. The summed E-state index contributed by atoms with van der Waals surface area (Å²) in [5.41, 5.74) is 1.35. The molecule has 6 heteroatoms. The summed E-state index contributed by atoms with van der Waals surface area (Å²) in [6.07, 6.45) is 1.48. The Bertz CT molecular complexity index is 795. The Kier molecular flexibility index (Phi) is 6.29. The Labute approximate surface area is 159 Å². The fraction of sp³-hybridized carbons (Fsp3) is 0.429.